The molecule has 0 aliphatic carbocycles. The molecule has 0 unspecified atom stereocenters. The largest absolute Gasteiger partial charge is 0.759 e. The summed E-state index contributed by atoms with van der Waals surface area (Å²) in [4.78, 5) is 7.73. The van der Waals surface area contributed by atoms with Gasteiger partial charge in [-0.25, -0.2) is 4.98 Å². The predicted molar refractivity (Wildman–Crippen MR) is 37.3 cm³/mol. The monoisotopic (exact) mass is 151 g/mol. The van der Waals surface area contributed by atoms with Gasteiger partial charge in [-0.2, -0.15) is 5.10 Å². The summed E-state index contributed by atoms with van der Waals surface area (Å²) in [5.41, 5.74) is 0.694. The normalized spacial score (nSPS) is 10.4. The summed E-state index contributed by atoms with van der Waals surface area (Å²) in [5.74, 6) is 0. The fourth-order valence-electron chi connectivity index (χ4n) is 0.743. The molecule has 0 amide bonds. The summed E-state index contributed by atoms with van der Waals surface area (Å²) in [6.45, 7) is 0. The SMILES string of the molecule is [S-]c1ncnc2[nH]ncc12. The highest BCUT2D eigenvalue weighted by Crippen LogP contribution is 2.08. The number of H-pyrrole nitrogens is 1. The Hall–Kier alpha value is -1.23. The van der Waals surface area contributed by atoms with Gasteiger partial charge in [-0.05, 0) is 0 Å². The maximum atomic E-state index is 4.90. The number of nitrogens with one attached hydrogen (secondary N) is 1. The van der Waals surface area contributed by atoms with E-state index in [0.717, 1.165) is 5.39 Å². The van der Waals surface area contributed by atoms with E-state index < -0.39 is 0 Å². The molecule has 0 saturated heterocycles. The van der Waals surface area contributed by atoms with Gasteiger partial charge in [0.15, 0.2) is 5.65 Å². The third-order valence-electron chi connectivity index (χ3n) is 1.21. The number of aromatic nitrogens is 4. The summed E-state index contributed by atoms with van der Waals surface area (Å²) in [7, 11) is 0. The number of hydrogen-bond acceptors (Lipinski definition) is 4. The lowest BCUT2D eigenvalue weighted by molar-refractivity contribution is 1.07. The second-order valence-electron chi connectivity index (χ2n) is 1.81. The first-order valence-corrected chi connectivity index (χ1v) is 3.10. The van der Waals surface area contributed by atoms with Crippen LogP contribution in [0.25, 0.3) is 11.0 Å². The van der Waals surface area contributed by atoms with E-state index in [9.17, 15) is 0 Å². The van der Waals surface area contributed by atoms with Crippen LogP contribution in [0.15, 0.2) is 17.6 Å². The topological polar surface area (TPSA) is 54.5 Å². The average molecular weight is 151 g/mol. The maximum absolute atomic E-state index is 4.90. The van der Waals surface area contributed by atoms with Crippen LogP contribution in [0, 0.1) is 0 Å². The summed E-state index contributed by atoms with van der Waals surface area (Å²) in [6, 6.07) is 0. The number of hydrogen-bond donors (Lipinski definition) is 1. The smallest absolute Gasteiger partial charge is 0.156 e. The standard InChI is InChI=1S/C5H4N4S/c10-5-3-1-8-9-4(3)6-2-7-5/h1-2H,(H2,6,7,8,9,10)/p-1. The minimum Gasteiger partial charge on any atom is -0.759 e. The summed E-state index contributed by atoms with van der Waals surface area (Å²) >= 11 is 4.90. The number of fused-ring (bicyclic) bond motifs is 1. The van der Waals surface area contributed by atoms with Crippen molar-refractivity contribution < 1.29 is 0 Å². The molecule has 0 spiro atoms. The fourth-order valence-corrected chi connectivity index (χ4v) is 0.939. The van der Waals surface area contributed by atoms with Gasteiger partial charge in [-0.3, -0.25) is 10.1 Å². The van der Waals surface area contributed by atoms with Crippen molar-refractivity contribution >= 4 is 23.7 Å². The minimum absolute atomic E-state index is 0.541. The van der Waals surface area contributed by atoms with Crippen LogP contribution >= 0.6 is 0 Å². The molecule has 5 heteroatoms. The third kappa shape index (κ3) is 0.640. The van der Waals surface area contributed by atoms with E-state index in [0.29, 0.717) is 10.7 Å². The van der Waals surface area contributed by atoms with Crippen LogP contribution in [0.2, 0.25) is 0 Å². The Morgan fingerprint density at radius 1 is 1.40 bits per heavy atom. The lowest BCUT2D eigenvalue weighted by Gasteiger charge is -2.01. The second kappa shape index (κ2) is 1.88. The Morgan fingerprint density at radius 2 is 2.30 bits per heavy atom. The van der Waals surface area contributed by atoms with Crippen molar-refractivity contribution in [3.05, 3.63) is 12.5 Å². The third-order valence-corrected chi connectivity index (χ3v) is 1.54. The van der Waals surface area contributed by atoms with Crippen LogP contribution in [-0.4, -0.2) is 20.2 Å². The van der Waals surface area contributed by atoms with Gasteiger partial charge in [-0.15, -0.1) is 0 Å². The molecule has 0 atom stereocenters. The molecule has 2 aromatic heterocycles. The van der Waals surface area contributed by atoms with Gasteiger partial charge >= 0.3 is 0 Å². The molecule has 2 rings (SSSR count). The highest BCUT2D eigenvalue weighted by molar-refractivity contribution is 7.59. The molecule has 50 valence electrons. The van der Waals surface area contributed by atoms with E-state index in [-0.39, 0.29) is 0 Å². The predicted octanol–water partition coefficient (Wildman–Crippen LogP) is 0.259. The van der Waals surface area contributed by atoms with Crippen LogP contribution in [-0.2, 0) is 12.6 Å². The van der Waals surface area contributed by atoms with Crippen molar-refractivity contribution in [1.29, 1.82) is 0 Å². The summed E-state index contributed by atoms with van der Waals surface area (Å²) in [6.07, 6.45) is 3.04. The van der Waals surface area contributed by atoms with Crippen molar-refractivity contribution in [3.63, 3.8) is 0 Å². The van der Waals surface area contributed by atoms with Crippen molar-refractivity contribution in [2.24, 2.45) is 0 Å². The molecule has 0 aliphatic rings. The van der Waals surface area contributed by atoms with E-state index in [4.69, 9.17) is 12.6 Å². The Morgan fingerprint density at radius 3 is 3.10 bits per heavy atom. The summed E-state index contributed by atoms with van der Waals surface area (Å²) < 4.78 is 0. The molecule has 0 saturated carbocycles. The zero-order valence-electron chi connectivity index (χ0n) is 4.90. The number of aromatic amines is 1. The zero-order valence-corrected chi connectivity index (χ0v) is 5.72. The van der Waals surface area contributed by atoms with Gasteiger partial charge in [-0.1, -0.05) is 5.03 Å². The molecular formula is C5H3N4S-. The molecule has 10 heavy (non-hydrogen) atoms. The van der Waals surface area contributed by atoms with Gasteiger partial charge < -0.3 is 12.6 Å². The van der Waals surface area contributed by atoms with Crippen molar-refractivity contribution in [2.75, 3.05) is 0 Å². The Kier molecular flexibility index (Phi) is 1.04. The molecule has 0 radical (unpaired) electrons. The fraction of sp³-hybridized carbons (Fsp3) is 0. The van der Waals surface area contributed by atoms with E-state index in [1.54, 1.807) is 6.20 Å². The Labute approximate surface area is 62.1 Å². The molecule has 4 nitrogen and oxygen atoms in total. The van der Waals surface area contributed by atoms with Crippen LogP contribution in [0.1, 0.15) is 0 Å². The molecule has 2 aromatic rings. The van der Waals surface area contributed by atoms with Crippen LogP contribution in [0.5, 0.6) is 0 Å². The lowest BCUT2D eigenvalue weighted by atomic mass is 10.4. The molecule has 0 bridgehead atoms. The highest BCUT2D eigenvalue weighted by Gasteiger charge is 1.93. The molecule has 0 aliphatic heterocycles. The summed E-state index contributed by atoms with van der Waals surface area (Å²) in [5, 5.41) is 7.80. The minimum atomic E-state index is 0.541. The van der Waals surface area contributed by atoms with Gasteiger partial charge in [0, 0.05) is 5.39 Å². The molecule has 2 heterocycles. The molecular weight excluding hydrogens is 148 g/mol. The van der Waals surface area contributed by atoms with Gasteiger partial charge in [0.1, 0.15) is 6.33 Å². The van der Waals surface area contributed by atoms with Gasteiger partial charge in [0.25, 0.3) is 0 Å². The zero-order chi connectivity index (χ0) is 6.97. The maximum Gasteiger partial charge on any atom is 0.156 e. The Bertz CT molecular complexity index is 355. The van der Waals surface area contributed by atoms with E-state index in [1.165, 1.54) is 6.33 Å². The molecule has 1 N–H and O–H groups in total. The second-order valence-corrected chi connectivity index (χ2v) is 2.20. The molecule has 0 fully saturated rings. The Balaban J connectivity index is 2.95. The van der Waals surface area contributed by atoms with E-state index >= 15 is 0 Å². The van der Waals surface area contributed by atoms with E-state index in [2.05, 4.69) is 20.2 Å². The van der Waals surface area contributed by atoms with Gasteiger partial charge in [0.05, 0.1) is 6.20 Å². The quantitative estimate of drug-likeness (QED) is 0.433. The number of nitrogens with zero attached hydrogens (tertiary/aromatic N) is 3. The van der Waals surface area contributed by atoms with Crippen LogP contribution < -0.4 is 0 Å². The average Bonchev–Trinajstić information content (AvgIpc) is 2.36. The first-order chi connectivity index (χ1) is 4.88. The van der Waals surface area contributed by atoms with Crippen molar-refractivity contribution in [3.8, 4) is 0 Å². The first-order valence-electron chi connectivity index (χ1n) is 2.69. The van der Waals surface area contributed by atoms with Crippen LogP contribution in [0.3, 0.4) is 0 Å². The molecule has 0 aromatic carbocycles. The first kappa shape index (κ1) is 5.55. The lowest BCUT2D eigenvalue weighted by Crippen LogP contribution is -1.82. The van der Waals surface area contributed by atoms with Crippen molar-refractivity contribution in [1.82, 2.24) is 20.2 Å². The van der Waals surface area contributed by atoms with Gasteiger partial charge in [0.2, 0.25) is 0 Å². The number of rotatable bonds is 0. The van der Waals surface area contributed by atoms with E-state index in [1.807, 2.05) is 0 Å². The highest BCUT2D eigenvalue weighted by atomic mass is 32.1. The van der Waals surface area contributed by atoms with Crippen LogP contribution in [0.4, 0.5) is 0 Å². The van der Waals surface area contributed by atoms with Crippen molar-refractivity contribution in [2.45, 2.75) is 5.03 Å².